The third kappa shape index (κ3) is 5.23. The largest absolute Gasteiger partial charge is 0.460 e. The minimum Gasteiger partial charge on any atom is -0.460 e. The second-order valence-electron chi connectivity index (χ2n) is 8.94. The van der Waals surface area contributed by atoms with E-state index < -0.39 is 8.32 Å². The maximum Gasteiger partial charge on any atom is 0.331 e. The number of benzene rings is 1. The van der Waals surface area contributed by atoms with Crippen LogP contribution in [0.3, 0.4) is 0 Å². The predicted molar refractivity (Wildman–Crippen MR) is 115 cm³/mol. The van der Waals surface area contributed by atoms with Crippen LogP contribution in [0, 0.1) is 0 Å². The van der Waals surface area contributed by atoms with Crippen LogP contribution in [-0.2, 0) is 14.0 Å². The molecule has 0 N–H and O–H groups in total. The average Bonchev–Trinajstić information content (AvgIpc) is 2.62. The summed E-state index contributed by atoms with van der Waals surface area (Å²) < 4.78 is 12.4. The van der Waals surface area contributed by atoms with Gasteiger partial charge in [0.25, 0.3) is 0 Å². The van der Waals surface area contributed by atoms with Crippen LogP contribution in [0.2, 0.25) is 16.6 Å². The Hall–Kier alpha value is -1.13. The molecule has 0 aromatic heterocycles. The summed E-state index contributed by atoms with van der Waals surface area (Å²) in [5.41, 5.74) is 2.69. The van der Waals surface area contributed by atoms with Gasteiger partial charge in [-0.15, -0.1) is 0 Å². The predicted octanol–water partition coefficient (Wildman–Crippen LogP) is 6.45. The SMILES string of the molecule is CC(C)[Si](OCC(=O)O[C@H]1CCCC[C@@H]1c1ccccc1)(C(C)C)C(C)C. The van der Waals surface area contributed by atoms with Gasteiger partial charge in [0.05, 0.1) is 0 Å². The number of carbonyl (C=O) groups is 1. The van der Waals surface area contributed by atoms with Gasteiger partial charge >= 0.3 is 5.97 Å². The fraction of sp³-hybridized carbons (Fsp3) is 0.696. The van der Waals surface area contributed by atoms with Crippen molar-refractivity contribution in [1.82, 2.24) is 0 Å². The Labute approximate surface area is 167 Å². The molecule has 2 atom stereocenters. The minimum atomic E-state index is -2.04. The van der Waals surface area contributed by atoms with Crippen molar-refractivity contribution in [1.29, 1.82) is 0 Å². The Morgan fingerprint density at radius 2 is 1.52 bits per heavy atom. The highest BCUT2D eigenvalue weighted by Crippen LogP contribution is 2.42. The fourth-order valence-electron chi connectivity index (χ4n) is 5.21. The zero-order chi connectivity index (χ0) is 20.0. The van der Waals surface area contributed by atoms with Crippen molar-refractivity contribution in [2.75, 3.05) is 6.61 Å². The second kappa shape index (κ2) is 9.88. The van der Waals surface area contributed by atoms with Crippen LogP contribution >= 0.6 is 0 Å². The molecule has 0 heterocycles. The topological polar surface area (TPSA) is 35.5 Å². The number of hydrogen-bond donors (Lipinski definition) is 0. The Kier molecular flexibility index (Phi) is 8.11. The molecule has 1 saturated carbocycles. The molecule has 4 heteroatoms. The van der Waals surface area contributed by atoms with E-state index in [2.05, 4.69) is 65.8 Å². The molecule has 3 nitrogen and oxygen atoms in total. The van der Waals surface area contributed by atoms with Gasteiger partial charge in [-0.05, 0) is 41.4 Å². The van der Waals surface area contributed by atoms with Crippen LogP contribution in [-0.4, -0.2) is 27.0 Å². The zero-order valence-corrected chi connectivity index (χ0v) is 19.0. The second-order valence-corrected chi connectivity index (χ2v) is 14.4. The maximum atomic E-state index is 12.7. The van der Waals surface area contributed by atoms with Crippen LogP contribution in [0.15, 0.2) is 30.3 Å². The summed E-state index contributed by atoms with van der Waals surface area (Å²) in [7, 11) is -2.04. The first-order chi connectivity index (χ1) is 12.8. The number of esters is 1. The highest BCUT2D eigenvalue weighted by molar-refractivity contribution is 6.77. The van der Waals surface area contributed by atoms with Crippen molar-refractivity contribution in [3.63, 3.8) is 0 Å². The molecule has 1 aromatic rings. The molecule has 2 rings (SSSR count). The van der Waals surface area contributed by atoms with Gasteiger partial charge in [-0.3, -0.25) is 0 Å². The summed E-state index contributed by atoms with van der Waals surface area (Å²) in [5, 5.41) is 0. The molecule has 1 aliphatic rings. The Balaban J connectivity index is 2.03. The van der Waals surface area contributed by atoms with Crippen molar-refractivity contribution < 1.29 is 14.0 Å². The van der Waals surface area contributed by atoms with Crippen LogP contribution in [0.1, 0.15) is 78.7 Å². The molecule has 1 fully saturated rings. The van der Waals surface area contributed by atoms with E-state index in [9.17, 15) is 4.79 Å². The number of ether oxygens (including phenoxy) is 1. The van der Waals surface area contributed by atoms with Crippen LogP contribution in [0.25, 0.3) is 0 Å². The summed E-state index contributed by atoms with van der Waals surface area (Å²) in [6.07, 6.45) is 4.35. The summed E-state index contributed by atoms with van der Waals surface area (Å²) >= 11 is 0. The van der Waals surface area contributed by atoms with E-state index in [0.29, 0.717) is 22.5 Å². The summed E-state index contributed by atoms with van der Waals surface area (Å²) in [5.74, 6) is 0.118. The molecular formula is C23H38O3Si. The van der Waals surface area contributed by atoms with Gasteiger partial charge in [-0.1, -0.05) is 78.3 Å². The van der Waals surface area contributed by atoms with Gasteiger partial charge in [0, 0.05) is 5.92 Å². The Morgan fingerprint density at radius 1 is 0.963 bits per heavy atom. The van der Waals surface area contributed by atoms with E-state index >= 15 is 0 Å². The third-order valence-electron chi connectivity index (χ3n) is 6.36. The van der Waals surface area contributed by atoms with Gasteiger partial charge < -0.3 is 9.16 Å². The van der Waals surface area contributed by atoms with E-state index in [-0.39, 0.29) is 18.7 Å². The van der Waals surface area contributed by atoms with E-state index in [1.807, 2.05) is 6.07 Å². The van der Waals surface area contributed by atoms with Gasteiger partial charge in [-0.2, -0.15) is 0 Å². The molecule has 0 bridgehead atoms. The summed E-state index contributed by atoms with van der Waals surface area (Å²) in [4.78, 5) is 12.7. The van der Waals surface area contributed by atoms with Crippen molar-refractivity contribution in [3.8, 4) is 0 Å². The van der Waals surface area contributed by atoms with E-state index in [4.69, 9.17) is 9.16 Å². The lowest BCUT2D eigenvalue weighted by Crippen LogP contribution is -2.49. The lowest BCUT2D eigenvalue weighted by atomic mass is 9.81. The molecular weight excluding hydrogens is 352 g/mol. The van der Waals surface area contributed by atoms with E-state index in [1.165, 1.54) is 12.0 Å². The monoisotopic (exact) mass is 390 g/mol. The van der Waals surface area contributed by atoms with Crippen molar-refractivity contribution in [3.05, 3.63) is 35.9 Å². The van der Waals surface area contributed by atoms with Crippen LogP contribution < -0.4 is 0 Å². The molecule has 152 valence electrons. The van der Waals surface area contributed by atoms with Crippen molar-refractivity contribution in [2.45, 2.75) is 95.9 Å². The average molecular weight is 391 g/mol. The van der Waals surface area contributed by atoms with Crippen LogP contribution in [0.5, 0.6) is 0 Å². The van der Waals surface area contributed by atoms with E-state index in [1.54, 1.807) is 0 Å². The number of rotatable bonds is 8. The maximum absolute atomic E-state index is 12.7. The third-order valence-corrected chi connectivity index (χ3v) is 12.4. The molecule has 0 spiro atoms. The lowest BCUT2D eigenvalue weighted by Gasteiger charge is -2.42. The number of carbonyl (C=O) groups excluding carboxylic acids is 1. The summed E-state index contributed by atoms with van der Waals surface area (Å²) in [6.45, 7) is 13.5. The first-order valence-corrected chi connectivity index (χ1v) is 12.8. The lowest BCUT2D eigenvalue weighted by molar-refractivity contribution is -0.154. The first kappa shape index (κ1) is 22.2. The molecule has 0 aliphatic heterocycles. The number of hydrogen-bond acceptors (Lipinski definition) is 3. The highest BCUT2D eigenvalue weighted by Gasteiger charge is 2.45. The molecule has 0 unspecified atom stereocenters. The molecule has 0 radical (unpaired) electrons. The normalized spacial score (nSPS) is 21.1. The molecule has 27 heavy (non-hydrogen) atoms. The molecule has 1 aromatic carbocycles. The first-order valence-electron chi connectivity index (χ1n) is 10.7. The quantitative estimate of drug-likeness (QED) is 0.378. The Morgan fingerprint density at radius 3 is 2.07 bits per heavy atom. The van der Waals surface area contributed by atoms with Gasteiger partial charge in [0.1, 0.15) is 12.7 Å². The molecule has 0 saturated heterocycles. The minimum absolute atomic E-state index is 0.0227. The van der Waals surface area contributed by atoms with Gasteiger partial charge in [0.15, 0.2) is 0 Å². The van der Waals surface area contributed by atoms with Gasteiger partial charge in [-0.25, -0.2) is 4.79 Å². The highest BCUT2D eigenvalue weighted by atomic mass is 28.4. The zero-order valence-electron chi connectivity index (χ0n) is 18.0. The molecule has 0 amide bonds. The van der Waals surface area contributed by atoms with Crippen molar-refractivity contribution >= 4 is 14.3 Å². The van der Waals surface area contributed by atoms with Gasteiger partial charge in [0.2, 0.25) is 8.32 Å². The fourth-order valence-corrected chi connectivity index (χ4v) is 10.6. The van der Waals surface area contributed by atoms with E-state index in [0.717, 1.165) is 19.3 Å². The van der Waals surface area contributed by atoms with Crippen molar-refractivity contribution in [2.24, 2.45) is 0 Å². The standard InChI is InChI=1S/C23H38O3Si/c1-17(2)27(18(3)4,19(5)6)25-16-23(24)26-22-15-11-10-14-21(22)20-12-8-7-9-13-20/h7-9,12-13,17-19,21-22H,10-11,14-16H2,1-6H3/t21-,22+/m1/s1. The Bertz CT molecular complexity index is 561. The smallest absolute Gasteiger partial charge is 0.331 e. The van der Waals surface area contributed by atoms with Crippen LogP contribution in [0.4, 0.5) is 0 Å². The summed E-state index contributed by atoms with van der Waals surface area (Å²) in [6, 6.07) is 10.5. The molecule has 1 aliphatic carbocycles.